The first-order valence-electron chi connectivity index (χ1n) is 13.4. The van der Waals surface area contributed by atoms with Gasteiger partial charge in [-0.3, -0.25) is 9.69 Å². The van der Waals surface area contributed by atoms with Crippen LogP contribution in [0.5, 0.6) is 0 Å². The molecule has 2 fully saturated rings. The number of nitrogens with zero attached hydrogens (tertiary/aromatic N) is 6. The van der Waals surface area contributed by atoms with Crippen molar-refractivity contribution in [1.82, 2.24) is 24.6 Å². The van der Waals surface area contributed by atoms with E-state index in [1.54, 1.807) is 0 Å². The number of amides is 1. The lowest BCUT2D eigenvalue weighted by Gasteiger charge is -2.32. The van der Waals surface area contributed by atoms with Crippen LogP contribution in [0.15, 0.2) is 60.8 Å². The summed E-state index contributed by atoms with van der Waals surface area (Å²) in [5.41, 5.74) is 3.89. The van der Waals surface area contributed by atoms with Crippen molar-refractivity contribution >= 4 is 28.4 Å². The predicted octanol–water partition coefficient (Wildman–Crippen LogP) is 4.13. The molecule has 2 aromatic heterocycles. The molecule has 0 atom stereocenters. The molecule has 9 heteroatoms. The number of carbonyl (C=O) groups is 1. The van der Waals surface area contributed by atoms with Gasteiger partial charge in [-0.2, -0.15) is 5.10 Å². The fourth-order valence-electron chi connectivity index (χ4n) is 5.39. The lowest BCUT2D eigenvalue weighted by Crippen LogP contribution is -2.37. The highest BCUT2D eigenvalue weighted by Crippen LogP contribution is 2.32. The summed E-state index contributed by atoms with van der Waals surface area (Å²) >= 11 is 0. The van der Waals surface area contributed by atoms with Crippen LogP contribution >= 0.6 is 0 Å². The summed E-state index contributed by atoms with van der Waals surface area (Å²) in [4.78, 5) is 26.3. The summed E-state index contributed by atoms with van der Waals surface area (Å²) in [6.45, 7) is 7.48. The van der Waals surface area contributed by atoms with E-state index in [9.17, 15) is 4.79 Å². The molecule has 6 rings (SSSR count). The topological polar surface area (TPSA) is 88.4 Å². The van der Waals surface area contributed by atoms with E-state index in [0.717, 1.165) is 73.7 Å². The van der Waals surface area contributed by atoms with Crippen LogP contribution in [0.2, 0.25) is 0 Å². The maximum atomic E-state index is 11.4. The minimum absolute atomic E-state index is 0.0938. The first-order valence-corrected chi connectivity index (χ1v) is 13.4. The first kappa shape index (κ1) is 24.5. The van der Waals surface area contributed by atoms with Gasteiger partial charge in [-0.05, 0) is 42.7 Å². The van der Waals surface area contributed by atoms with Crippen LogP contribution in [0, 0.1) is 0 Å². The standard InChI is InChI=1S/C29H33N7O2/c1-21(37)31-24-9-7-23(8-10-24)27-32-28(35-15-17-38-18-16-35)26-19-30-36(29(26)33-27)25-11-13-34(14-12-25)20-22-5-3-2-4-6-22/h2-10,19,25H,11-18,20H2,1H3,(H,31,37). The third kappa shape index (κ3) is 5.25. The van der Waals surface area contributed by atoms with Gasteiger partial charge in [0.05, 0.1) is 30.8 Å². The molecule has 2 saturated heterocycles. The Hall–Kier alpha value is -3.82. The van der Waals surface area contributed by atoms with Crippen molar-refractivity contribution in [2.45, 2.75) is 32.4 Å². The molecular formula is C29H33N7O2. The highest BCUT2D eigenvalue weighted by molar-refractivity contribution is 5.90. The lowest BCUT2D eigenvalue weighted by molar-refractivity contribution is -0.114. The number of rotatable bonds is 6. The zero-order chi connectivity index (χ0) is 25.9. The largest absolute Gasteiger partial charge is 0.378 e. The van der Waals surface area contributed by atoms with E-state index in [-0.39, 0.29) is 5.91 Å². The number of nitrogens with one attached hydrogen (secondary N) is 1. The number of hydrogen-bond acceptors (Lipinski definition) is 7. The van der Waals surface area contributed by atoms with Gasteiger partial charge in [0.1, 0.15) is 5.82 Å². The number of aromatic nitrogens is 4. The summed E-state index contributed by atoms with van der Waals surface area (Å²) in [6.07, 6.45) is 3.99. The minimum atomic E-state index is -0.0938. The van der Waals surface area contributed by atoms with Crippen LogP contribution in [-0.2, 0) is 16.1 Å². The monoisotopic (exact) mass is 511 g/mol. The van der Waals surface area contributed by atoms with E-state index in [1.165, 1.54) is 12.5 Å². The van der Waals surface area contributed by atoms with E-state index in [2.05, 4.69) is 50.1 Å². The highest BCUT2D eigenvalue weighted by Gasteiger charge is 2.26. The maximum absolute atomic E-state index is 11.4. The second-order valence-corrected chi connectivity index (χ2v) is 10.0. The predicted molar refractivity (Wildman–Crippen MR) is 148 cm³/mol. The van der Waals surface area contributed by atoms with E-state index in [1.807, 2.05) is 30.5 Å². The van der Waals surface area contributed by atoms with Gasteiger partial charge in [-0.1, -0.05) is 30.3 Å². The number of fused-ring (bicyclic) bond motifs is 1. The molecule has 0 spiro atoms. The fourth-order valence-corrected chi connectivity index (χ4v) is 5.39. The first-order chi connectivity index (χ1) is 18.6. The highest BCUT2D eigenvalue weighted by atomic mass is 16.5. The molecule has 1 N–H and O–H groups in total. The molecule has 0 saturated carbocycles. The summed E-state index contributed by atoms with van der Waals surface area (Å²) < 4.78 is 7.72. The van der Waals surface area contributed by atoms with Crippen molar-refractivity contribution in [2.75, 3.05) is 49.6 Å². The average molecular weight is 512 g/mol. The Morgan fingerprint density at radius 1 is 0.974 bits per heavy atom. The van der Waals surface area contributed by atoms with Crippen molar-refractivity contribution in [3.63, 3.8) is 0 Å². The molecule has 4 heterocycles. The quantitative estimate of drug-likeness (QED) is 0.417. The molecule has 0 aliphatic carbocycles. The number of ether oxygens (including phenoxy) is 1. The van der Waals surface area contributed by atoms with Crippen LogP contribution in [0.3, 0.4) is 0 Å². The Labute approximate surface area is 222 Å². The fraction of sp³-hybridized carbons (Fsp3) is 0.379. The normalized spacial score (nSPS) is 17.1. The number of likely N-dealkylation sites (tertiary alicyclic amines) is 1. The van der Waals surface area contributed by atoms with Gasteiger partial charge < -0.3 is 15.0 Å². The van der Waals surface area contributed by atoms with Gasteiger partial charge in [-0.15, -0.1) is 0 Å². The summed E-state index contributed by atoms with van der Waals surface area (Å²) in [6, 6.07) is 18.7. The number of carbonyl (C=O) groups excluding carboxylic acids is 1. The Morgan fingerprint density at radius 2 is 1.71 bits per heavy atom. The van der Waals surface area contributed by atoms with Gasteiger partial charge in [0.15, 0.2) is 11.5 Å². The molecule has 9 nitrogen and oxygen atoms in total. The number of piperidine rings is 1. The van der Waals surface area contributed by atoms with Gasteiger partial charge in [-0.25, -0.2) is 14.6 Å². The molecule has 0 bridgehead atoms. The van der Waals surface area contributed by atoms with E-state index < -0.39 is 0 Å². The molecule has 2 aliphatic heterocycles. The molecule has 196 valence electrons. The molecule has 4 aromatic rings. The second kappa shape index (κ2) is 10.9. The van der Waals surface area contributed by atoms with Crippen molar-refractivity contribution in [3.8, 4) is 11.4 Å². The van der Waals surface area contributed by atoms with Gasteiger partial charge in [0.25, 0.3) is 0 Å². The molecule has 38 heavy (non-hydrogen) atoms. The van der Waals surface area contributed by atoms with Crippen LogP contribution < -0.4 is 10.2 Å². The SMILES string of the molecule is CC(=O)Nc1ccc(-c2nc(N3CCOCC3)c3cnn(C4CCN(Cc5ccccc5)CC4)c3n2)cc1. The molecule has 0 radical (unpaired) electrons. The van der Waals surface area contributed by atoms with E-state index in [4.69, 9.17) is 19.8 Å². The van der Waals surface area contributed by atoms with Crippen molar-refractivity contribution in [2.24, 2.45) is 0 Å². The van der Waals surface area contributed by atoms with Crippen LogP contribution in [0.4, 0.5) is 11.5 Å². The number of anilines is 2. The third-order valence-corrected chi connectivity index (χ3v) is 7.36. The Morgan fingerprint density at radius 3 is 2.42 bits per heavy atom. The Balaban J connectivity index is 1.30. The minimum Gasteiger partial charge on any atom is -0.378 e. The second-order valence-electron chi connectivity index (χ2n) is 10.0. The lowest BCUT2D eigenvalue weighted by atomic mass is 10.0. The zero-order valence-electron chi connectivity index (χ0n) is 21.7. The van der Waals surface area contributed by atoms with Gasteiger partial charge >= 0.3 is 0 Å². The Bertz CT molecular complexity index is 1390. The van der Waals surface area contributed by atoms with E-state index >= 15 is 0 Å². The summed E-state index contributed by atoms with van der Waals surface area (Å²) in [7, 11) is 0. The smallest absolute Gasteiger partial charge is 0.221 e. The number of morpholine rings is 1. The van der Waals surface area contributed by atoms with Crippen molar-refractivity contribution < 1.29 is 9.53 Å². The van der Waals surface area contributed by atoms with Crippen molar-refractivity contribution in [3.05, 3.63) is 66.4 Å². The molecule has 0 unspecified atom stereocenters. The molecule has 2 aliphatic rings. The van der Waals surface area contributed by atoms with Crippen LogP contribution in [0.25, 0.3) is 22.4 Å². The molecule has 2 aromatic carbocycles. The summed E-state index contributed by atoms with van der Waals surface area (Å²) in [5.74, 6) is 1.48. The van der Waals surface area contributed by atoms with Crippen LogP contribution in [0.1, 0.15) is 31.4 Å². The third-order valence-electron chi connectivity index (χ3n) is 7.36. The van der Waals surface area contributed by atoms with Gasteiger partial charge in [0.2, 0.25) is 5.91 Å². The van der Waals surface area contributed by atoms with Crippen molar-refractivity contribution in [1.29, 1.82) is 0 Å². The zero-order valence-corrected chi connectivity index (χ0v) is 21.7. The molecule has 1 amide bonds. The molecular weight excluding hydrogens is 478 g/mol. The number of hydrogen-bond donors (Lipinski definition) is 1. The van der Waals surface area contributed by atoms with Gasteiger partial charge in [0, 0.05) is 50.9 Å². The van der Waals surface area contributed by atoms with E-state index in [0.29, 0.717) is 25.1 Å². The van der Waals surface area contributed by atoms with Crippen LogP contribution in [-0.4, -0.2) is 69.9 Å². The summed E-state index contributed by atoms with van der Waals surface area (Å²) in [5, 5.41) is 8.66. The number of benzene rings is 2. The Kier molecular flexibility index (Phi) is 7.02. The average Bonchev–Trinajstić information content (AvgIpc) is 3.38. The maximum Gasteiger partial charge on any atom is 0.221 e.